The molecule has 13 heavy (non-hydrogen) atoms. The summed E-state index contributed by atoms with van der Waals surface area (Å²) in [7, 11) is 0. The topological polar surface area (TPSA) is 54.9 Å². The van der Waals surface area contributed by atoms with E-state index in [0.29, 0.717) is 9.47 Å². The molecule has 2 rings (SSSR count). The zero-order chi connectivity index (χ0) is 9.47. The maximum atomic E-state index is 11.5. The van der Waals surface area contributed by atoms with Gasteiger partial charge in [0.25, 0.3) is 5.91 Å². The minimum atomic E-state index is -0.176. The Morgan fingerprint density at radius 3 is 2.77 bits per heavy atom. The molecule has 1 amide bonds. The number of carbonyl (C=O) groups is 1. The number of hydrogen-bond donors (Lipinski definition) is 1. The summed E-state index contributed by atoms with van der Waals surface area (Å²) in [5.74, 6) is -0.176. The first-order chi connectivity index (χ1) is 6.09. The predicted octanol–water partition coefficient (Wildman–Crippen LogP) is 1.47. The Balaban J connectivity index is 2.05. The average Bonchev–Trinajstić information content (AvgIpc) is 2.62. The maximum absolute atomic E-state index is 11.5. The number of rotatable bonds is 2. The lowest BCUT2D eigenvalue weighted by atomic mass is 10.3. The number of nitrogens with one attached hydrogen (secondary N) is 1. The lowest BCUT2D eigenvalue weighted by molar-refractivity contribution is 0.0934. The van der Waals surface area contributed by atoms with Crippen molar-refractivity contribution in [3.05, 3.63) is 9.47 Å². The standard InChI is InChI=1S/C7H8ClN3OS/c1-7(2-3-7)9-4(12)5-10-11-6(8)13-5/h2-3H2,1H3,(H,9,12). The lowest BCUT2D eigenvalue weighted by Crippen LogP contribution is -2.34. The van der Waals surface area contributed by atoms with Gasteiger partial charge in [0.15, 0.2) is 0 Å². The van der Waals surface area contributed by atoms with Crippen molar-refractivity contribution in [2.75, 3.05) is 0 Å². The second kappa shape index (κ2) is 2.92. The summed E-state index contributed by atoms with van der Waals surface area (Å²) in [6, 6.07) is 0. The van der Waals surface area contributed by atoms with Crippen LogP contribution in [0.5, 0.6) is 0 Å². The summed E-state index contributed by atoms with van der Waals surface area (Å²) in [4.78, 5) is 11.5. The largest absolute Gasteiger partial charge is 0.345 e. The van der Waals surface area contributed by atoms with E-state index in [1.807, 2.05) is 6.92 Å². The third-order valence-electron chi connectivity index (χ3n) is 2.01. The Morgan fingerprint density at radius 1 is 1.62 bits per heavy atom. The summed E-state index contributed by atoms with van der Waals surface area (Å²) in [5, 5.41) is 10.4. The molecule has 1 aromatic rings. The highest BCUT2D eigenvalue weighted by Crippen LogP contribution is 2.34. The van der Waals surface area contributed by atoms with Crippen LogP contribution in [-0.2, 0) is 0 Å². The number of aromatic nitrogens is 2. The molecule has 70 valence electrons. The number of hydrogen-bond acceptors (Lipinski definition) is 4. The molecule has 0 saturated heterocycles. The number of amides is 1. The molecule has 6 heteroatoms. The Bertz CT molecular complexity index is 347. The Labute approximate surface area is 84.3 Å². The van der Waals surface area contributed by atoms with Gasteiger partial charge in [0, 0.05) is 5.54 Å². The molecule has 0 aromatic carbocycles. The molecule has 4 nitrogen and oxygen atoms in total. The van der Waals surface area contributed by atoms with Crippen LogP contribution in [0.15, 0.2) is 0 Å². The van der Waals surface area contributed by atoms with E-state index in [-0.39, 0.29) is 11.4 Å². The van der Waals surface area contributed by atoms with Gasteiger partial charge in [-0.05, 0) is 31.4 Å². The summed E-state index contributed by atoms with van der Waals surface area (Å²) >= 11 is 6.65. The second-order valence-electron chi connectivity index (χ2n) is 3.37. The number of halogens is 1. The van der Waals surface area contributed by atoms with E-state index in [9.17, 15) is 4.79 Å². The second-order valence-corrected chi connectivity index (χ2v) is 4.93. The molecule has 1 aliphatic rings. The van der Waals surface area contributed by atoms with E-state index in [1.54, 1.807) is 0 Å². The smallest absolute Gasteiger partial charge is 0.282 e. The first-order valence-corrected chi connectivity index (χ1v) is 5.10. The first kappa shape index (κ1) is 8.90. The van der Waals surface area contributed by atoms with Crippen molar-refractivity contribution in [2.24, 2.45) is 0 Å². The summed E-state index contributed by atoms with van der Waals surface area (Å²) in [6.45, 7) is 2.01. The molecular formula is C7H8ClN3OS. The Hall–Kier alpha value is -0.680. The van der Waals surface area contributed by atoms with Gasteiger partial charge in [-0.15, -0.1) is 10.2 Å². The maximum Gasteiger partial charge on any atom is 0.282 e. The van der Waals surface area contributed by atoms with Gasteiger partial charge in [0.1, 0.15) is 0 Å². The molecule has 1 heterocycles. The summed E-state index contributed by atoms with van der Waals surface area (Å²) in [6.07, 6.45) is 2.07. The van der Waals surface area contributed by atoms with Crippen molar-refractivity contribution >= 4 is 28.8 Å². The number of nitrogens with zero attached hydrogens (tertiary/aromatic N) is 2. The van der Waals surface area contributed by atoms with Gasteiger partial charge in [0.05, 0.1) is 0 Å². The van der Waals surface area contributed by atoms with Crippen LogP contribution in [0.1, 0.15) is 29.6 Å². The van der Waals surface area contributed by atoms with Crippen molar-refractivity contribution in [3.8, 4) is 0 Å². The van der Waals surface area contributed by atoms with Crippen LogP contribution in [-0.4, -0.2) is 21.6 Å². The van der Waals surface area contributed by atoms with Crippen molar-refractivity contribution in [2.45, 2.75) is 25.3 Å². The Kier molecular flexibility index (Phi) is 2.00. The molecule has 0 unspecified atom stereocenters. The number of carbonyl (C=O) groups excluding carboxylic acids is 1. The molecule has 0 spiro atoms. The zero-order valence-electron chi connectivity index (χ0n) is 7.00. The van der Waals surface area contributed by atoms with Crippen LogP contribution in [0.2, 0.25) is 4.47 Å². The van der Waals surface area contributed by atoms with Crippen LogP contribution in [0.4, 0.5) is 0 Å². The van der Waals surface area contributed by atoms with E-state index in [2.05, 4.69) is 15.5 Å². The molecule has 0 bridgehead atoms. The van der Waals surface area contributed by atoms with E-state index < -0.39 is 0 Å². The van der Waals surface area contributed by atoms with Gasteiger partial charge in [-0.2, -0.15) is 0 Å². The molecule has 1 N–H and O–H groups in total. The molecule has 0 aliphatic heterocycles. The van der Waals surface area contributed by atoms with Crippen LogP contribution >= 0.6 is 22.9 Å². The quantitative estimate of drug-likeness (QED) is 0.817. The fourth-order valence-corrected chi connectivity index (χ4v) is 1.66. The SMILES string of the molecule is CC1(NC(=O)c2nnc(Cl)s2)CC1. The third kappa shape index (κ3) is 1.97. The molecule has 0 radical (unpaired) electrons. The minimum absolute atomic E-state index is 0.0186. The first-order valence-electron chi connectivity index (χ1n) is 3.91. The van der Waals surface area contributed by atoms with E-state index in [0.717, 1.165) is 24.2 Å². The van der Waals surface area contributed by atoms with Gasteiger partial charge in [-0.1, -0.05) is 11.3 Å². The molecule has 1 aromatic heterocycles. The van der Waals surface area contributed by atoms with Gasteiger partial charge in [-0.3, -0.25) is 4.79 Å². The molecule has 0 atom stereocenters. The van der Waals surface area contributed by atoms with Gasteiger partial charge < -0.3 is 5.32 Å². The van der Waals surface area contributed by atoms with E-state index in [1.165, 1.54) is 0 Å². The fraction of sp³-hybridized carbons (Fsp3) is 0.571. The van der Waals surface area contributed by atoms with Gasteiger partial charge in [-0.25, -0.2) is 0 Å². The minimum Gasteiger partial charge on any atom is -0.345 e. The Morgan fingerprint density at radius 2 is 2.31 bits per heavy atom. The molecule has 1 aliphatic carbocycles. The van der Waals surface area contributed by atoms with Crippen LogP contribution < -0.4 is 5.32 Å². The molecule has 1 fully saturated rings. The van der Waals surface area contributed by atoms with Crippen LogP contribution in [0, 0.1) is 0 Å². The summed E-state index contributed by atoms with van der Waals surface area (Å²) < 4.78 is 0.297. The van der Waals surface area contributed by atoms with Crippen LogP contribution in [0.25, 0.3) is 0 Å². The summed E-state index contributed by atoms with van der Waals surface area (Å²) in [5.41, 5.74) is -0.0186. The van der Waals surface area contributed by atoms with E-state index in [4.69, 9.17) is 11.6 Å². The fourth-order valence-electron chi connectivity index (χ4n) is 0.937. The van der Waals surface area contributed by atoms with Gasteiger partial charge >= 0.3 is 0 Å². The van der Waals surface area contributed by atoms with Crippen LogP contribution in [0.3, 0.4) is 0 Å². The van der Waals surface area contributed by atoms with Gasteiger partial charge in [0.2, 0.25) is 9.47 Å². The zero-order valence-corrected chi connectivity index (χ0v) is 8.58. The highest BCUT2D eigenvalue weighted by atomic mass is 35.5. The predicted molar refractivity (Wildman–Crippen MR) is 50.0 cm³/mol. The monoisotopic (exact) mass is 217 g/mol. The molecule has 1 saturated carbocycles. The normalized spacial score (nSPS) is 18.3. The van der Waals surface area contributed by atoms with Crippen molar-refractivity contribution in [1.82, 2.24) is 15.5 Å². The van der Waals surface area contributed by atoms with Crippen molar-refractivity contribution in [1.29, 1.82) is 0 Å². The average molecular weight is 218 g/mol. The third-order valence-corrected chi connectivity index (χ3v) is 3.03. The van der Waals surface area contributed by atoms with Crippen molar-refractivity contribution in [3.63, 3.8) is 0 Å². The lowest BCUT2D eigenvalue weighted by Gasteiger charge is -2.08. The highest BCUT2D eigenvalue weighted by molar-refractivity contribution is 7.17. The highest BCUT2D eigenvalue weighted by Gasteiger charge is 2.39. The van der Waals surface area contributed by atoms with Crippen molar-refractivity contribution < 1.29 is 4.79 Å². The molecular weight excluding hydrogens is 210 g/mol. The van der Waals surface area contributed by atoms with E-state index >= 15 is 0 Å².